The van der Waals surface area contributed by atoms with Gasteiger partial charge in [0.25, 0.3) is 0 Å². The molecule has 0 saturated carbocycles. The van der Waals surface area contributed by atoms with Gasteiger partial charge >= 0.3 is 5.97 Å². The summed E-state index contributed by atoms with van der Waals surface area (Å²) in [5, 5.41) is 2.65. The van der Waals surface area contributed by atoms with Crippen LogP contribution in [-0.4, -0.2) is 48.3 Å². The van der Waals surface area contributed by atoms with Crippen LogP contribution in [0.1, 0.15) is 10.6 Å². The van der Waals surface area contributed by atoms with Crippen molar-refractivity contribution in [3.05, 3.63) is 58.6 Å². The van der Waals surface area contributed by atoms with Crippen LogP contribution < -0.4 is 0 Å². The van der Waals surface area contributed by atoms with Gasteiger partial charge in [0.15, 0.2) is 0 Å². The summed E-state index contributed by atoms with van der Waals surface area (Å²) in [5.74, 6) is -0.367. The van der Waals surface area contributed by atoms with Crippen LogP contribution in [0.5, 0.6) is 0 Å². The third-order valence-corrected chi connectivity index (χ3v) is 4.44. The van der Waals surface area contributed by atoms with E-state index in [0.717, 1.165) is 24.6 Å². The summed E-state index contributed by atoms with van der Waals surface area (Å²) in [6.07, 6.45) is 4.69. The zero-order valence-corrected chi connectivity index (χ0v) is 14.2. The molecule has 126 valence electrons. The molecule has 0 amide bonds. The number of carbonyl (C=O) groups is 1. The van der Waals surface area contributed by atoms with E-state index in [2.05, 4.69) is 22.0 Å². The van der Waals surface area contributed by atoms with Crippen LogP contribution in [0.15, 0.2) is 48.0 Å². The highest BCUT2D eigenvalue weighted by atomic mass is 32.1. The van der Waals surface area contributed by atoms with Gasteiger partial charge in [0.1, 0.15) is 17.7 Å². The summed E-state index contributed by atoms with van der Waals surface area (Å²) >= 11 is 1.48. The molecule has 2 aromatic rings. The molecule has 0 radical (unpaired) electrons. The Morgan fingerprint density at radius 3 is 3.08 bits per heavy atom. The number of hydrogen-bond acceptors (Lipinski definition) is 6. The molecule has 1 atom stereocenters. The van der Waals surface area contributed by atoms with E-state index in [1.165, 1.54) is 23.0 Å². The van der Waals surface area contributed by atoms with Gasteiger partial charge in [0, 0.05) is 37.3 Å². The van der Waals surface area contributed by atoms with E-state index in [1.54, 1.807) is 12.3 Å². The van der Waals surface area contributed by atoms with Gasteiger partial charge in [0.2, 0.25) is 0 Å². The van der Waals surface area contributed by atoms with Crippen molar-refractivity contribution < 1.29 is 14.3 Å². The Morgan fingerprint density at radius 1 is 1.42 bits per heavy atom. The lowest BCUT2D eigenvalue weighted by atomic mass is 10.2. The van der Waals surface area contributed by atoms with Crippen molar-refractivity contribution in [1.82, 2.24) is 9.88 Å². The molecule has 0 spiro atoms. The second-order valence-electron chi connectivity index (χ2n) is 5.55. The normalized spacial score (nSPS) is 18.8. The number of ether oxygens (including phenoxy) is 2. The minimum absolute atomic E-state index is 0.0836. The Kier molecular flexibility index (Phi) is 6.12. The zero-order chi connectivity index (χ0) is 16.6. The fourth-order valence-corrected chi connectivity index (χ4v) is 3.08. The summed E-state index contributed by atoms with van der Waals surface area (Å²) < 4.78 is 11.0. The van der Waals surface area contributed by atoms with Crippen LogP contribution in [0.3, 0.4) is 0 Å². The van der Waals surface area contributed by atoms with Gasteiger partial charge in [-0.25, -0.2) is 9.78 Å². The minimum Gasteiger partial charge on any atom is -0.460 e. The number of morpholine rings is 1. The number of benzene rings is 1. The highest BCUT2D eigenvalue weighted by molar-refractivity contribution is 7.10. The molecule has 2 heterocycles. The van der Waals surface area contributed by atoms with Crippen molar-refractivity contribution in [2.24, 2.45) is 0 Å². The van der Waals surface area contributed by atoms with E-state index in [9.17, 15) is 4.79 Å². The molecule has 1 fully saturated rings. The third kappa shape index (κ3) is 5.26. The monoisotopic (exact) mass is 344 g/mol. The molecule has 1 aromatic heterocycles. The number of hydrogen-bond donors (Lipinski definition) is 0. The van der Waals surface area contributed by atoms with E-state index < -0.39 is 0 Å². The van der Waals surface area contributed by atoms with Crippen molar-refractivity contribution in [3.63, 3.8) is 0 Å². The Bertz CT molecular complexity index is 658. The first-order chi connectivity index (χ1) is 11.8. The smallest absolute Gasteiger partial charge is 0.330 e. The minimum atomic E-state index is -0.367. The van der Waals surface area contributed by atoms with Gasteiger partial charge in [-0.3, -0.25) is 4.90 Å². The fraction of sp³-hybridized carbons (Fsp3) is 0.333. The summed E-state index contributed by atoms with van der Waals surface area (Å²) in [7, 11) is 0. The molecule has 0 aliphatic carbocycles. The first kappa shape index (κ1) is 16.8. The highest BCUT2D eigenvalue weighted by Gasteiger charge is 2.21. The van der Waals surface area contributed by atoms with E-state index >= 15 is 0 Å². The van der Waals surface area contributed by atoms with Crippen molar-refractivity contribution in [1.29, 1.82) is 0 Å². The molecule has 1 aliphatic heterocycles. The van der Waals surface area contributed by atoms with Crippen LogP contribution >= 0.6 is 11.3 Å². The topological polar surface area (TPSA) is 51.7 Å². The molecule has 1 saturated heterocycles. The van der Waals surface area contributed by atoms with E-state index in [4.69, 9.17) is 9.47 Å². The maximum absolute atomic E-state index is 11.8. The largest absolute Gasteiger partial charge is 0.460 e. The molecular weight excluding hydrogens is 324 g/mol. The summed E-state index contributed by atoms with van der Waals surface area (Å²) in [6.45, 7) is 3.47. The van der Waals surface area contributed by atoms with Gasteiger partial charge in [0.05, 0.1) is 6.61 Å². The molecule has 0 unspecified atom stereocenters. The molecule has 5 nitrogen and oxygen atoms in total. The number of thiazole rings is 1. The zero-order valence-electron chi connectivity index (χ0n) is 13.3. The lowest BCUT2D eigenvalue weighted by Gasteiger charge is -2.32. The van der Waals surface area contributed by atoms with E-state index in [1.807, 2.05) is 23.6 Å². The SMILES string of the molecule is O=C(/C=C/c1nccs1)OC[C@H]1CN(Cc2ccccc2)CCO1. The number of carbonyl (C=O) groups excluding carboxylic acids is 1. The Labute approximate surface area is 145 Å². The van der Waals surface area contributed by atoms with Crippen LogP contribution in [-0.2, 0) is 20.8 Å². The maximum Gasteiger partial charge on any atom is 0.330 e. The first-order valence-corrected chi connectivity index (χ1v) is 8.80. The van der Waals surface area contributed by atoms with Gasteiger partial charge in [-0.15, -0.1) is 11.3 Å². The quantitative estimate of drug-likeness (QED) is 0.595. The standard InChI is InChI=1S/C18H20N2O3S/c21-18(7-6-17-19-8-11-24-17)23-14-16-13-20(9-10-22-16)12-15-4-2-1-3-5-15/h1-8,11,16H,9-10,12-14H2/b7-6+/t16-/m1/s1. The molecule has 0 N–H and O–H groups in total. The second kappa shape index (κ2) is 8.73. The molecule has 1 aromatic carbocycles. The molecular formula is C18H20N2O3S. The van der Waals surface area contributed by atoms with Crippen molar-refractivity contribution >= 4 is 23.4 Å². The predicted molar refractivity (Wildman–Crippen MR) is 93.6 cm³/mol. The number of rotatable bonds is 6. The van der Waals surface area contributed by atoms with Crippen LogP contribution in [0.25, 0.3) is 6.08 Å². The third-order valence-electron chi connectivity index (χ3n) is 3.70. The van der Waals surface area contributed by atoms with Crippen molar-refractivity contribution in [3.8, 4) is 0 Å². The summed E-state index contributed by atoms with van der Waals surface area (Å²) in [6, 6.07) is 10.3. The molecule has 6 heteroatoms. The highest BCUT2D eigenvalue weighted by Crippen LogP contribution is 2.11. The van der Waals surface area contributed by atoms with E-state index in [-0.39, 0.29) is 18.7 Å². The van der Waals surface area contributed by atoms with Gasteiger partial charge in [-0.05, 0) is 11.6 Å². The molecule has 24 heavy (non-hydrogen) atoms. The first-order valence-electron chi connectivity index (χ1n) is 7.92. The molecule has 3 rings (SSSR count). The van der Waals surface area contributed by atoms with Crippen molar-refractivity contribution in [2.75, 3.05) is 26.3 Å². The van der Waals surface area contributed by atoms with Gasteiger partial charge < -0.3 is 9.47 Å². The average Bonchev–Trinajstić information content (AvgIpc) is 3.13. The molecule has 1 aliphatic rings. The lowest BCUT2D eigenvalue weighted by Crippen LogP contribution is -2.44. The Morgan fingerprint density at radius 2 is 2.29 bits per heavy atom. The fourth-order valence-electron chi connectivity index (χ4n) is 2.55. The van der Waals surface area contributed by atoms with E-state index in [0.29, 0.717) is 6.61 Å². The second-order valence-corrected chi connectivity index (χ2v) is 6.47. The number of esters is 1. The number of nitrogens with zero attached hydrogens (tertiary/aromatic N) is 2. The molecule has 0 bridgehead atoms. The van der Waals surface area contributed by atoms with Crippen LogP contribution in [0.4, 0.5) is 0 Å². The maximum atomic E-state index is 11.8. The van der Waals surface area contributed by atoms with Crippen molar-refractivity contribution in [2.45, 2.75) is 12.6 Å². The lowest BCUT2D eigenvalue weighted by molar-refractivity contribution is -0.144. The Hall–Kier alpha value is -2.02. The van der Waals surface area contributed by atoms with Gasteiger partial charge in [-0.1, -0.05) is 30.3 Å². The number of aromatic nitrogens is 1. The van der Waals surface area contributed by atoms with Gasteiger partial charge in [-0.2, -0.15) is 0 Å². The summed E-state index contributed by atoms with van der Waals surface area (Å²) in [5.41, 5.74) is 1.28. The van der Waals surface area contributed by atoms with Crippen LogP contribution in [0.2, 0.25) is 0 Å². The predicted octanol–water partition coefficient (Wildman–Crippen LogP) is 2.60. The average molecular weight is 344 g/mol. The summed E-state index contributed by atoms with van der Waals surface area (Å²) in [4.78, 5) is 18.2. The van der Waals surface area contributed by atoms with Crippen LogP contribution in [0, 0.1) is 0 Å². The Balaban J connectivity index is 1.43.